The van der Waals surface area contributed by atoms with Crippen LogP contribution in [0.5, 0.6) is 0 Å². The number of hydrogen-bond acceptors (Lipinski definition) is 4. The molecule has 0 aliphatic carbocycles. The van der Waals surface area contributed by atoms with E-state index in [1.54, 1.807) is 12.1 Å². The van der Waals surface area contributed by atoms with Gasteiger partial charge in [0.25, 0.3) is 0 Å². The minimum Gasteiger partial charge on any atom is -0.481 e. The lowest BCUT2D eigenvalue weighted by Crippen LogP contribution is -2.23. The number of carbonyl (C=O) groups is 1. The molecule has 0 saturated carbocycles. The Kier molecular flexibility index (Phi) is 2.96. The molecule has 0 radical (unpaired) electrons. The van der Waals surface area contributed by atoms with E-state index in [1.165, 1.54) is 0 Å². The second-order valence-corrected chi connectivity index (χ2v) is 4.43. The Morgan fingerprint density at radius 3 is 2.75 bits per heavy atom. The smallest absolute Gasteiger partial charge is 0.308 e. The third kappa shape index (κ3) is 2.09. The number of carboxylic acid groups (broad SMARTS) is 1. The second kappa shape index (κ2) is 4.25. The highest BCUT2D eigenvalue weighted by atomic mass is 35.5. The minimum atomic E-state index is -0.753. The maximum atomic E-state index is 11.0. The number of hydrogen-bond donors (Lipinski definition) is 1. The van der Waals surface area contributed by atoms with Crippen molar-refractivity contribution in [1.29, 1.82) is 0 Å². The molecule has 1 fully saturated rings. The summed E-state index contributed by atoms with van der Waals surface area (Å²) in [4.78, 5) is 12.9. The minimum absolute atomic E-state index is 0.120. The number of rotatable bonds is 2. The Morgan fingerprint density at radius 2 is 2.25 bits per heavy atom. The fourth-order valence-corrected chi connectivity index (χ4v) is 2.05. The summed E-state index contributed by atoms with van der Waals surface area (Å²) in [5.74, 6) is -0.288. The van der Waals surface area contributed by atoms with E-state index in [2.05, 4.69) is 10.2 Å². The van der Waals surface area contributed by atoms with Crippen molar-refractivity contribution in [3.63, 3.8) is 0 Å². The molecule has 2 atom stereocenters. The van der Waals surface area contributed by atoms with Gasteiger partial charge in [0.15, 0.2) is 11.0 Å². The maximum Gasteiger partial charge on any atom is 0.308 e. The van der Waals surface area contributed by atoms with E-state index < -0.39 is 5.97 Å². The molecule has 86 valence electrons. The van der Waals surface area contributed by atoms with Crippen LogP contribution in [0.4, 0.5) is 5.82 Å². The molecule has 2 rings (SSSR count). The Labute approximate surface area is 98.0 Å². The number of aromatic nitrogens is 2. The molecular formula is C10H12ClN3O2. The van der Waals surface area contributed by atoms with Crippen LogP contribution >= 0.6 is 11.6 Å². The van der Waals surface area contributed by atoms with Crippen LogP contribution in [-0.4, -0.2) is 34.4 Å². The van der Waals surface area contributed by atoms with Crippen LogP contribution in [0.1, 0.15) is 6.92 Å². The fourth-order valence-electron chi connectivity index (χ4n) is 1.95. The lowest BCUT2D eigenvalue weighted by Gasteiger charge is -2.15. The Bertz CT molecular complexity index is 396. The summed E-state index contributed by atoms with van der Waals surface area (Å²) in [7, 11) is 0. The van der Waals surface area contributed by atoms with Gasteiger partial charge in [0, 0.05) is 13.1 Å². The van der Waals surface area contributed by atoms with Crippen LogP contribution in [-0.2, 0) is 4.79 Å². The zero-order valence-corrected chi connectivity index (χ0v) is 9.55. The molecule has 16 heavy (non-hydrogen) atoms. The van der Waals surface area contributed by atoms with Crippen molar-refractivity contribution < 1.29 is 9.90 Å². The maximum absolute atomic E-state index is 11.0. The van der Waals surface area contributed by atoms with E-state index in [-0.39, 0.29) is 11.8 Å². The molecule has 1 aromatic rings. The van der Waals surface area contributed by atoms with E-state index in [1.807, 2.05) is 11.8 Å². The summed E-state index contributed by atoms with van der Waals surface area (Å²) in [6.45, 7) is 3.10. The first-order chi connectivity index (χ1) is 7.58. The molecule has 0 amide bonds. The highest BCUT2D eigenvalue weighted by molar-refractivity contribution is 6.29. The highest BCUT2D eigenvalue weighted by Gasteiger charge is 2.35. The number of carboxylic acids is 1. The standard InChI is InChI=1S/C10H12ClN3O2/c1-6-4-14(5-7(6)10(15)16)9-3-2-8(11)12-13-9/h2-3,6-7H,4-5H2,1H3,(H,15,16). The second-order valence-electron chi connectivity index (χ2n) is 4.04. The Balaban J connectivity index is 2.13. The third-order valence-electron chi connectivity index (χ3n) is 2.87. The van der Waals surface area contributed by atoms with E-state index >= 15 is 0 Å². The van der Waals surface area contributed by atoms with Crippen LogP contribution < -0.4 is 4.90 Å². The molecule has 0 bridgehead atoms. The predicted octanol–water partition coefficient (Wildman–Crippen LogP) is 1.29. The van der Waals surface area contributed by atoms with Gasteiger partial charge in [0.2, 0.25) is 0 Å². The molecule has 0 aromatic carbocycles. The van der Waals surface area contributed by atoms with Gasteiger partial charge in [0.05, 0.1) is 5.92 Å². The van der Waals surface area contributed by atoms with Gasteiger partial charge in [0.1, 0.15) is 0 Å². The molecule has 1 aromatic heterocycles. The van der Waals surface area contributed by atoms with E-state index in [0.717, 1.165) is 0 Å². The van der Waals surface area contributed by atoms with Crippen molar-refractivity contribution in [2.24, 2.45) is 11.8 Å². The zero-order valence-electron chi connectivity index (χ0n) is 8.80. The summed E-state index contributed by atoms with van der Waals surface area (Å²) in [6.07, 6.45) is 0. The van der Waals surface area contributed by atoms with Gasteiger partial charge < -0.3 is 10.0 Å². The SMILES string of the molecule is CC1CN(c2ccc(Cl)nn2)CC1C(=O)O. The third-order valence-corrected chi connectivity index (χ3v) is 3.07. The van der Waals surface area contributed by atoms with Crippen molar-refractivity contribution in [3.8, 4) is 0 Å². The van der Waals surface area contributed by atoms with Gasteiger partial charge in [-0.2, -0.15) is 0 Å². The summed E-state index contributed by atoms with van der Waals surface area (Å²) in [5, 5.41) is 17.0. The molecule has 2 heterocycles. The van der Waals surface area contributed by atoms with E-state index in [0.29, 0.717) is 24.1 Å². The predicted molar refractivity (Wildman–Crippen MR) is 59.5 cm³/mol. The monoisotopic (exact) mass is 241 g/mol. The molecule has 5 nitrogen and oxygen atoms in total. The van der Waals surface area contributed by atoms with E-state index in [9.17, 15) is 4.79 Å². The van der Waals surface area contributed by atoms with Gasteiger partial charge in [-0.15, -0.1) is 10.2 Å². The first kappa shape index (κ1) is 11.1. The van der Waals surface area contributed by atoms with Crippen LogP contribution in [0.25, 0.3) is 0 Å². The average molecular weight is 242 g/mol. The molecule has 0 spiro atoms. The summed E-state index contributed by atoms with van der Waals surface area (Å²) < 4.78 is 0. The molecular weight excluding hydrogens is 230 g/mol. The summed E-state index contributed by atoms with van der Waals surface area (Å²) in [5.41, 5.74) is 0. The van der Waals surface area contributed by atoms with Crippen molar-refractivity contribution >= 4 is 23.4 Å². The van der Waals surface area contributed by atoms with E-state index in [4.69, 9.17) is 16.7 Å². The van der Waals surface area contributed by atoms with Crippen LogP contribution in [0.15, 0.2) is 12.1 Å². The summed E-state index contributed by atoms with van der Waals surface area (Å²) in [6, 6.07) is 3.41. The van der Waals surface area contributed by atoms with Gasteiger partial charge in [-0.3, -0.25) is 4.79 Å². The zero-order chi connectivity index (χ0) is 11.7. The molecule has 1 aliphatic rings. The molecule has 1 saturated heterocycles. The summed E-state index contributed by atoms with van der Waals surface area (Å²) >= 11 is 5.64. The van der Waals surface area contributed by atoms with Crippen molar-refractivity contribution in [1.82, 2.24) is 10.2 Å². The molecule has 1 N–H and O–H groups in total. The normalized spacial score (nSPS) is 24.8. The lowest BCUT2D eigenvalue weighted by molar-refractivity contribution is -0.142. The Hall–Kier alpha value is -1.36. The first-order valence-corrected chi connectivity index (χ1v) is 5.42. The number of nitrogens with zero attached hydrogens (tertiary/aromatic N) is 3. The lowest BCUT2D eigenvalue weighted by atomic mass is 9.99. The fraction of sp³-hybridized carbons (Fsp3) is 0.500. The number of halogens is 1. The highest BCUT2D eigenvalue weighted by Crippen LogP contribution is 2.26. The molecule has 2 unspecified atom stereocenters. The van der Waals surface area contributed by atoms with Crippen molar-refractivity contribution in [2.45, 2.75) is 6.92 Å². The van der Waals surface area contributed by atoms with Gasteiger partial charge >= 0.3 is 5.97 Å². The topological polar surface area (TPSA) is 66.3 Å². The van der Waals surface area contributed by atoms with Gasteiger partial charge in [-0.25, -0.2) is 0 Å². The van der Waals surface area contributed by atoms with Crippen LogP contribution in [0.3, 0.4) is 0 Å². The van der Waals surface area contributed by atoms with Crippen molar-refractivity contribution in [2.75, 3.05) is 18.0 Å². The molecule has 1 aliphatic heterocycles. The average Bonchev–Trinajstić information content (AvgIpc) is 2.61. The van der Waals surface area contributed by atoms with Gasteiger partial charge in [-0.05, 0) is 18.1 Å². The van der Waals surface area contributed by atoms with Crippen LogP contribution in [0.2, 0.25) is 5.15 Å². The quantitative estimate of drug-likeness (QED) is 0.845. The Morgan fingerprint density at radius 1 is 1.50 bits per heavy atom. The largest absolute Gasteiger partial charge is 0.481 e. The first-order valence-electron chi connectivity index (χ1n) is 5.05. The molecule has 6 heteroatoms. The number of anilines is 1. The van der Waals surface area contributed by atoms with Gasteiger partial charge in [-0.1, -0.05) is 18.5 Å². The number of aliphatic carboxylic acids is 1. The van der Waals surface area contributed by atoms with Crippen molar-refractivity contribution in [3.05, 3.63) is 17.3 Å². The van der Waals surface area contributed by atoms with Crippen LogP contribution in [0, 0.1) is 11.8 Å².